The SMILES string of the molecule is CC(=O)Nc1cc(S(=O)(=O)N2C3CCNCC2CC3)ccc1F.Cl. The van der Waals surface area contributed by atoms with Crippen molar-refractivity contribution < 1.29 is 17.6 Å². The Morgan fingerprint density at radius 3 is 2.71 bits per heavy atom. The van der Waals surface area contributed by atoms with Gasteiger partial charge in [0.2, 0.25) is 15.9 Å². The van der Waals surface area contributed by atoms with E-state index in [4.69, 9.17) is 0 Å². The molecule has 24 heavy (non-hydrogen) atoms. The van der Waals surface area contributed by atoms with Crippen LogP contribution in [-0.4, -0.2) is 43.8 Å². The maximum atomic E-state index is 13.8. The Hall–Kier alpha value is -1.22. The Balaban J connectivity index is 0.00000208. The molecule has 2 unspecified atom stereocenters. The summed E-state index contributed by atoms with van der Waals surface area (Å²) in [5.74, 6) is -1.10. The molecule has 2 saturated heterocycles. The van der Waals surface area contributed by atoms with E-state index in [1.165, 1.54) is 19.1 Å². The minimum absolute atomic E-state index is 0. The Bertz CT molecular complexity index is 715. The minimum atomic E-state index is -3.72. The summed E-state index contributed by atoms with van der Waals surface area (Å²) in [5, 5.41) is 5.59. The number of amides is 1. The first-order valence-electron chi connectivity index (χ1n) is 7.71. The number of hydrogen-bond donors (Lipinski definition) is 2. The Morgan fingerprint density at radius 1 is 1.29 bits per heavy atom. The molecule has 0 spiro atoms. The summed E-state index contributed by atoms with van der Waals surface area (Å²) < 4.78 is 41.4. The van der Waals surface area contributed by atoms with Crippen LogP contribution in [0.4, 0.5) is 10.1 Å². The molecule has 0 saturated carbocycles. The lowest BCUT2D eigenvalue weighted by molar-refractivity contribution is -0.114. The van der Waals surface area contributed by atoms with Crippen LogP contribution in [0.15, 0.2) is 23.1 Å². The van der Waals surface area contributed by atoms with Gasteiger partial charge in [0.05, 0.1) is 10.6 Å². The molecule has 0 aliphatic carbocycles. The fraction of sp³-hybridized carbons (Fsp3) is 0.533. The number of carbonyl (C=O) groups excluding carboxylic acids is 1. The molecule has 2 aliphatic heterocycles. The van der Waals surface area contributed by atoms with Crippen molar-refractivity contribution in [1.29, 1.82) is 0 Å². The van der Waals surface area contributed by atoms with E-state index in [0.717, 1.165) is 31.9 Å². The number of nitrogens with one attached hydrogen (secondary N) is 2. The highest BCUT2D eigenvalue weighted by molar-refractivity contribution is 7.89. The zero-order valence-corrected chi connectivity index (χ0v) is 14.9. The van der Waals surface area contributed by atoms with Gasteiger partial charge in [-0.2, -0.15) is 4.31 Å². The topological polar surface area (TPSA) is 78.5 Å². The molecule has 0 radical (unpaired) electrons. The summed E-state index contributed by atoms with van der Waals surface area (Å²) in [5.41, 5.74) is -0.112. The monoisotopic (exact) mass is 377 g/mol. The van der Waals surface area contributed by atoms with Crippen molar-refractivity contribution in [1.82, 2.24) is 9.62 Å². The molecule has 2 atom stereocenters. The summed E-state index contributed by atoms with van der Waals surface area (Å²) >= 11 is 0. The first-order chi connectivity index (χ1) is 10.9. The number of benzene rings is 1. The predicted octanol–water partition coefficient (Wildman–Crippen LogP) is 1.72. The number of anilines is 1. The Labute approximate surface area is 147 Å². The number of rotatable bonds is 3. The number of fused-ring (bicyclic) bond motifs is 2. The molecule has 6 nitrogen and oxygen atoms in total. The van der Waals surface area contributed by atoms with Gasteiger partial charge >= 0.3 is 0 Å². The molecule has 2 heterocycles. The van der Waals surface area contributed by atoms with Gasteiger partial charge in [-0.15, -0.1) is 12.4 Å². The van der Waals surface area contributed by atoms with Gasteiger partial charge in [0.15, 0.2) is 0 Å². The standard InChI is InChI=1S/C15H20FN3O3S.ClH/c1-10(20)18-15-8-13(4-5-14(15)16)23(21,22)19-11-2-3-12(19)9-17-7-6-11;/h4-5,8,11-12,17H,2-3,6-7,9H2,1H3,(H,18,20);1H. The van der Waals surface area contributed by atoms with Crippen molar-refractivity contribution in [2.75, 3.05) is 18.4 Å². The average Bonchev–Trinajstić information content (AvgIpc) is 2.74. The quantitative estimate of drug-likeness (QED) is 0.840. The third-order valence-electron chi connectivity index (χ3n) is 4.41. The Kier molecular flexibility index (Phi) is 5.85. The Morgan fingerprint density at radius 2 is 2.00 bits per heavy atom. The van der Waals surface area contributed by atoms with Crippen molar-refractivity contribution in [2.24, 2.45) is 0 Å². The summed E-state index contributed by atoms with van der Waals surface area (Å²) in [6.07, 6.45) is 2.46. The molecule has 1 amide bonds. The van der Waals surface area contributed by atoms with Gasteiger partial charge < -0.3 is 10.6 Å². The lowest BCUT2D eigenvalue weighted by Gasteiger charge is -2.27. The molecule has 1 aromatic rings. The molecular weight excluding hydrogens is 357 g/mol. The second-order valence-corrected chi connectivity index (χ2v) is 7.88. The highest BCUT2D eigenvalue weighted by Crippen LogP contribution is 2.34. The molecule has 2 aliphatic rings. The van der Waals surface area contributed by atoms with E-state index in [0.29, 0.717) is 6.54 Å². The highest BCUT2D eigenvalue weighted by Gasteiger charge is 2.43. The fourth-order valence-corrected chi connectivity index (χ4v) is 5.33. The maximum absolute atomic E-state index is 13.8. The number of halogens is 2. The number of carbonyl (C=O) groups is 1. The molecule has 9 heteroatoms. The van der Waals surface area contributed by atoms with E-state index >= 15 is 0 Å². The largest absolute Gasteiger partial charge is 0.324 e. The van der Waals surface area contributed by atoms with Crippen LogP contribution in [0.5, 0.6) is 0 Å². The van der Waals surface area contributed by atoms with E-state index in [1.807, 2.05) is 0 Å². The van der Waals surface area contributed by atoms with E-state index in [9.17, 15) is 17.6 Å². The van der Waals surface area contributed by atoms with Crippen LogP contribution >= 0.6 is 12.4 Å². The van der Waals surface area contributed by atoms with Crippen LogP contribution in [0.2, 0.25) is 0 Å². The van der Waals surface area contributed by atoms with Gasteiger partial charge in [0.1, 0.15) is 5.82 Å². The van der Waals surface area contributed by atoms with Gasteiger partial charge in [0.25, 0.3) is 0 Å². The van der Waals surface area contributed by atoms with Crippen molar-refractivity contribution in [2.45, 2.75) is 43.2 Å². The molecule has 2 N–H and O–H groups in total. The summed E-state index contributed by atoms with van der Waals surface area (Å²) in [7, 11) is -3.72. The van der Waals surface area contributed by atoms with Crippen LogP contribution in [0.3, 0.4) is 0 Å². The van der Waals surface area contributed by atoms with Crippen LogP contribution in [-0.2, 0) is 14.8 Å². The minimum Gasteiger partial charge on any atom is -0.324 e. The van der Waals surface area contributed by atoms with Gasteiger partial charge in [-0.05, 0) is 44.0 Å². The average molecular weight is 378 g/mol. The molecule has 0 aromatic heterocycles. The van der Waals surface area contributed by atoms with E-state index in [1.54, 1.807) is 4.31 Å². The maximum Gasteiger partial charge on any atom is 0.243 e. The van der Waals surface area contributed by atoms with Crippen LogP contribution < -0.4 is 10.6 Å². The van der Waals surface area contributed by atoms with Crippen molar-refractivity contribution in [3.63, 3.8) is 0 Å². The normalized spacial score (nSPS) is 24.1. The van der Waals surface area contributed by atoms with Crippen LogP contribution in [0.25, 0.3) is 0 Å². The first kappa shape index (κ1) is 19.1. The third-order valence-corrected chi connectivity index (χ3v) is 6.41. The predicted molar refractivity (Wildman–Crippen MR) is 91.3 cm³/mol. The zero-order valence-electron chi connectivity index (χ0n) is 13.3. The number of nitrogens with zero attached hydrogens (tertiary/aromatic N) is 1. The van der Waals surface area contributed by atoms with Gasteiger partial charge in [0, 0.05) is 25.6 Å². The molecular formula is C15H21ClFN3O3S. The number of sulfonamides is 1. The van der Waals surface area contributed by atoms with E-state index in [2.05, 4.69) is 10.6 Å². The second kappa shape index (κ2) is 7.35. The van der Waals surface area contributed by atoms with Gasteiger partial charge in [-0.25, -0.2) is 12.8 Å². The van der Waals surface area contributed by atoms with Crippen LogP contribution in [0, 0.1) is 5.82 Å². The van der Waals surface area contributed by atoms with E-state index < -0.39 is 21.7 Å². The zero-order chi connectivity index (χ0) is 16.6. The lowest BCUT2D eigenvalue weighted by atomic mass is 10.1. The molecule has 2 bridgehead atoms. The second-order valence-electron chi connectivity index (χ2n) is 6.04. The summed E-state index contributed by atoms with van der Waals surface area (Å²) in [4.78, 5) is 11.2. The molecule has 3 rings (SSSR count). The number of hydrogen-bond acceptors (Lipinski definition) is 4. The van der Waals surface area contributed by atoms with Gasteiger partial charge in [-0.1, -0.05) is 0 Å². The van der Waals surface area contributed by atoms with E-state index in [-0.39, 0.29) is 35.1 Å². The van der Waals surface area contributed by atoms with Crippen molar-refractivity contribution >= 4 is 34.0 Å². The fourth-order valence-electron chi connectivity index (χ4n) is 3.40. The molecule has 2 fully saturated rings. The molecule has 134 valence electrons. The highest BCUT2D eigenvalue weighted by atomic mass is 35.5. The van der Waals surface area contributed by atoms with Crippen molar-refractivity contribution in [3.8, 4) is 0 Å². The third kappa shape index (κ3) is 3.56. The van der Waals surface area contributed by atoms with Gasteiger partial charge in [-0.3, -0.25) is 4.79 Å². The molecule has 1 aromatic carbocycles. The van der Waals surface area contributed by atoms with Crippen molar-refractivity contribution in [3.05, 3.63) is 24.0 Å². The van der Waals surface area contributed by atoms with Crippen LogP contribution in [0.1, 0.15) is 26.2 Å². The summed E-state index contributed by atoms with van der Waals surface area (Å²) in [6.45, 7) is 2.69. The lowest BCUT2D eigenvalue weighted by Crippen LogP contribution is -2.42. The summed E-state index contributed by atoms with van der Waals surface area (Å²) in [6, 6.07) is 3.45. The first-order valence-corrected chi connectivity index (χ1v) is 9.15. The smallest absolute Gasteiger partial charge is 0.243 e.